The van der Waals surface area contributed by atoms with Gasteiger partial charge in [0.05, 0.1) is 31.5 Å². The Balaban J connectivity index is 2.65. The first-order valence-corrected chi connectivity index (χ1v) is 7.37. The maximum absolute atomic E-state index is 11.9. The van der Waals surface area contributed by atoms with Crippen LogP contribution in [0.3, 0.4) is 0 Å². The van der Waals surface area contributed by atoms with E-state index in [1.54, 1.807) is 12.1 Å². The van der Waals surface area contributed by atoms with Crippen LogP contribution in [0.5, 0.6) is 11.5 Å². The SMILES string of the molecule is CCCCC(=O)NCC(=O)Nc1cc(OC)c(Cl)cc1OC. The molecule has 0 atom stereocenters. The molecule has 0 aliphatic rings. The van der Waals surface area contributed by atoms with E-state index in [1.165, 1.54) is 14.2 Å². The number of methoxy groups -OCH3 is 2. The van der Waals surface area contributed by atoms with Crippen LogP contribution in [0, 0.1) is 0 Å². The van der Waals surface area contributed by atoms with Crippen LogP contribution in [-0.2, 0) is 9.59 Å². The summed E-state index contributed by atoms with van der Waals surface area (Å²) in [6, 6.07) is 3.12. The number of amides is 2. The molecule has 2 amide bonds. The summed E-state index contributed by atoms with van der Waals surface area (Å²) in [6.07, 6.45) is 2.15. The van der Waals surface area contributed by atoms with Gasteiger partial charge in [0.2, 0.25) is 11.8 Å². The number of benzene rings is 1. The second-order valence-electron chi connectivity index (χ2n) is 4.62. The first kappa shape index (κ1) is 18.1. The largest absolute Gasteiger partial charge is 0.495 e. The molecule has 0 fully saturated rings. The maximum Gasteiger partial charge on any atom is 0.243 e. The van der Waals surface area contributed by atoms with E-state index < -0.39 is 0 Å². The summed E-state index contributed by atoms with van der Waals surface area (Å²) in [5, 5.41) is 5.60. The van der Waals surface area contributed by atoms with Gasteiger partial charge in [0.25, 0.3) is 0 Å². The summed E-state index contributed by atoms with van der Waals surface area (Å²) < 4.78 is 10.3. The fourth-order valence-corrected chi connectivity index (χ4v) is 1.99. The van der Waals surface area contributed by atoms with E-state index in [0.717, 1.165) is 12.8 Å². The van der Waals surface area contributed by atoms with Crippen LogP contribution in [0.2, 0.25) is 5.02 Å². The Hall–Kier alpha value is -1.95. The lowest BCUT2D eigenvalue weighted by Crippen LogP contribution is -2.32. The number of hydrogen-bond acceptors (Lipinski definition) is 4. The maximum atomic E-state index is 11.9. The van der Waals surface area contributed by atoms with Crippen molar-refractivity contribution < 1.29 is 19.1 Å². The summed E-state index contributed by atoms with van der Waals surface area (Å²) in [5.41, 5.74) is 0.427. The Morgan fingerprint density at radius 1 is 1.14 bits per heavy atom. The van der Waals surface area contributed by atoms with Crippen molar-refractivity contribution in [3.05, 3.63) is 17.2 Å². The Morgan fingerprint density at radius 3 is 2.41 bits per heavy atom. The molecule has 0 saturated carbocycles. The summed E-state index contributed by atoms with van der Waals surface area (Å²) in [5.74, 6) is 0.339. The lowest BCUT2D eigenvalue weighted by Gasteiger charge is -2.13. The van der Waals surface area contributed by atoms with E-state index in [0.29, 0.717) is 28.6 Å². The monoisotopic (exact) mass is 328 g/mol. The number of halogens is 1. The van der Waals surface area contributed by atoms with Crippen molar-refractivity contribution >= 4 is 29.1 Å². The molecule has 7 heteroatoms. The Labute approximate surface area is 135 Å². The summed E-state index contributed by atoms with van der Waals surface area (Å²) in [7, 11) is 2.95. The highest BCUT2D eigenvalue weighted by atomic mass is 35.5. The summed E-state index contributed by atoms with van der Waals surface area (Å²) >= 11 is 5.99. The van der Waals surface area contributed by atoms with Crippen LogP contribution in [-0.4, -0.2) is 32.6 Å². The van der Waals surface area contributed by atoms with Crippen molar-refractivity contribution in [3.63, 3.8) is 0 Å². The Kier molecular flexibility index (Phi) is 7.52. The molecule has 0 aromatic heterocycles. The van der Waals surface area contributed by atoms with Gasteiger partial charge in [-0.2, -0.15) is 0 Å². The normalized spacial score (nSPS) is 10.0. The first-order chi connectivity index (χ1) is 10.5. The van der Waals surface area contributed by atoms with Crippen LogP contribution in [0.25, 0.3) is 0 Å². The molecule has 0 aliphatic heterocycles. The number of rotatable bonds is 8. The third kappa shape index (κ3) is 5.44. The van der Waals surface area contributed by atoms with Gasteiger partial charge in [-0.15, -0.1) is 0 Å². The first-order valence-electron chi connectivity index (χ1n) is 6.99. The molecule has 0 heterocycles. The molecular weight excluding hydrogens is 308 g/mol. The molecule has 1 rings (SSSR count). The number of ether oxygens (including phenoxy) is 2. The van der Waals surface area contributed by atoms with E-state index in [9.17, 15) is 9.59 Å². The smallest absolute Gasteiger partial charge is 0.243 e. The topological polar surface area (TPSA) is 76.7 Å². The van der Waals surface area contributed by atoms with Crippen LogP contribution in [0.15, 0.2) is 12.1 Å². The summed E-state index contributed by atoms with van der Waals surface area (Å²) in [6.45, 7) is 1.90. The zero-order valence-corrected chi connectivity index (χ0v) is 13.8. The number of unbranched alkanes of at least 4 members (excludes halogenated alkanes) is 1. The number of hydrogen-bond donors (Lipinski definition) is 2. The van der Waals surface area contributed by atoms with E-state index >= 15 is 0 Å². The van der Waals surface area contributed by atoms with E-state index in [4.69, 9.17) is 21.1 Å². The second kappa shape index (κ2) is 9.15. The van der Waals surface area contributed by atoms with E-state index in [1.807, 2.05) is 6.92 Å². The van der Waals surface area contributed by atoms with Crippen LogP contribution < -0.4 is 20.1 Å². The van der Waals surface area contributed by atoms with Gasteiger partial charge in [-0.3, -0.25) is 9.59 Å². The molecule has 0 bridgehead atoms. The average Bonchev–Trinajstić information content (AvgIpc) is 2.52. The number of carbonyl (C=O) groups excluding carboxylic acids is 2. The third-order valence-corrected chi connectivity index (χ3v) is 3.25. The van der Waals surface area contributed by atoms with Crippen LogP contribution >= 0.6 is 11.6 Å². The molecule has 0 saturated heterocycles. The van der Waals surface area contributed by atoms with Gasteiger partial charge in [-0.25, -0.2) is 0 Å². The highest BCUT2D eigenvalue weighted by molar-refractivity contribution is 6.32. The van der Waals surface area contributed by atoms with Gasteiger partial charge in [0.15, 0.2) is 0 Å². The van der Waals surface area contributed by atoms with Crippen molar-refractivity contribution in [2.45, 2.75) is 26.2 Å². The summed E-state index contributed by atoms with van der Waals surface area (Å²) in [4.78, 5) is 23.4. The predicted octanol–water partition coefficient (Wildman–Crippen LogP) is 2.60. The van der Waals surface area contributed by atoms with Crippen molar-refractivity contribution in [3.8, 4) is 11.5 Å². The lowest BCUT2D eigenvalue weighted by atomic mass is 10.2. The Bertz CT molecular complexity index is 535. The van der Waals surface area contributed by atoms with Gasteiger partial charge in [-0.1, -0.05) is 24.9 Å². The lowest BCUT2D eigenvalue weighted by molar-refractivity contribution is -0.124. The van der Waals surface area contributed by atoms with Crippen molar-refractivity contribution in [1.82, 2.24) is 5.32 Å². The van der Waals surface area contributed by atoms with Gasteiger partial charge >= 0.3 is 0 Å². The number of carbonyl (C=O) groups is 2. The highest BCUT2D eigenvalue weighted by Gasteiger charge is 2.13. The molecule has 1 aromatic rings. The minimum absolute atomic E-state index is 0.101. The molecule has 0 spiro atoms. The zero-order valence-electron chi connectivity index (χ0n) is 13.0. The van der Waals surface area contributed by atoms with Crippen LogP contribution in [0.4, 0.5) is 5.69 Å². The van der Waals surface area contributed by atoms with Gasteiger partial charge in [0, 0.05) is 18.6 Å². The molecule has 6 nitrogen and oxygen atoms in total. The second-order valence-corrected chi connectivity index (χ2v) is 5.02. The van der Waals surface area contributed by atoms with E-state index in [2.05, 4.69) is 10.6 Å². The zero-order chi connectivity index (χ0) is 16.5. The van der Waals surface area contributed by atoms with Crippen LogP contribution in [0.1, 0.15) is 26.2 Å². The fourth-order valence-electron chi connectivity index (χ4n) is 1.76. The van der Waals surface area contributed by atoms with Crippen molar-refractivity contribution in [2.75, 3.05) is 26.1 Å². The standard InChI is InChI=1S/C15H21ClN2O4/c1-4-5-6-14(19)17-9-15(20)18-11-8-12(21-2)10(16)7-13(11)22-3/h7-8H,4-6,9H2,1-3H3,(H,17,19)(H,18,20). The molecule has 122 valence electrons. The molecule has 2 N–H and O–H groups in total. The highest BCUT2D eigenvalue weighted by Crippen LogP contribution is 2.35. The number of nitrogens with one attached hydrogen (secondary N) is 2. The Morgan fingerprint density at radius 2 is 1.82 bits per heavy atom. The quantitative estimate of drug-likeness (QED) is 0.769. The molecular formula is C15H21ClN2O4. The molecule has 0 radical (unpaired) electrons. The average molecular weight is 329 g/mol. The van der Waals surface area contributed by atoms with Gasteiger partial charge in [-0.05, 0) is 6.42 Å². The number of anilines is 1. The molecule has 22 heavy (non-hydrogen) atoms. The van der Waals surface area contributed by atoms with Gasteiger partial charge < -0.3 is 20.1 Å². The molecule has 0 unspecified atom stereocenters. The minimum Gasteiger partial charge on any atom is -0.495 e. The van der Waals surface area contributed by atoms with Gasteiger partial charge in [0.1, 0.15) is 11.5 Å². The minimum atomic E-state index is -0.354. The molecule has 1 aromatic carbocycles. The van der Waals surface area contributed by atoms with Crippen molar-refractivity contribution in [2.24, 2.45) is 0 Å². The molecule has 0 aliphatic carbocycles. The van der Waals surface area contributed by atoms with E-state index in [-0.39, 0.29) is 18.4 Å². The van der Waals surface area contributed by atoms with Crippen molar-refractivity contribution in [1.29, 1.82) is 0 Å². The fraction of sp³-hybridized carbons (Fsp3) is 0.467. The third-order valence-electron chi connectivity index (χ3n) is 2.95. The predicted molar refractivity (Wildman–Crippen MR) is 85.7 cm³/mol.